The minimum atomic E-state index is -0.501. The number of H-pyrrole nitrogens is 1. The van der Waals surface area contributed by atoms with Crippen molar-refractivity contribution in [2.75, 3.05) is 19.4 Å². The van der Waals surface area contributed by atoms with Crippen molar-refractivity contribution in [2.24, 2.45) is 0 Å². The topological polar surface area (TPSA) is 123 Å². The molecule has 0 saturated carbocycles. The van der Waals surface area contributed by atoms with Crippen LogP contribution in [-0.2, 0) is 9.59 Å². The Hall–Kier alpha value is -2.78. The number of likely N-dealkylation sites (N-methyl/N-ethyl adjacent to an activating group) is 1. The zero-order valence-electron chi connectivity index (χ0n) is 14.7. The number of hydrogen-bond donors (Lipinski definition) is 6. The fourth-order valence-electron chi connectivity index (χ4n) is 2.24. The Morgan fingerprint density at radius 1 is 1.22 bits per heavy atom. The summed E-state index contributed by atoms with van der Waals surface area (Å²) in [6.45, 7) is 0. The molecule has 27 heavy (non-hydrogen) atoms. The summed E-state index contributed by atoms with van der Waals surface area (Å²) < 4.78 is 0. The molecule has 0 aliphatic carbocycles. The number of amides is 2. The molecule has 0 aliphatic heterocycles. The van der Waals surface area contributed by atoms with Crippen molar-refractivity contribution < 1.29 is 9.59 Å². The Morgan fingerprint density at radius 2 is 1.89 bits per heavy atom. The normalized spacial score (nSPS) is 11.4. The smallest absolute Gasteiger partial charge is 0.255 e. The molecule has 5 N–H and O–H groups in total. The van der Waals surface area contributed by atoms with E-state index in [4.69, 9.17) is 17.0 Å². The average Bonchev–Trinajstić information content (AvgIpc) is 3.10. The number of aromatic nitrogens is 2. The molecule has 0 spiro atoms. The quantitative estimate of drug-likeness (QED) is 0.239. The number of aromatic amines is 1. The predicted octanol–water partition coefficient (Wildman–Crippen LogP) is 2.19. The average molecular weight is 407 g/mol. The van der Waals surface area contributed by atoms with Gasteiger partial charge >= 0.3 is 0 Å². The summed E-state index contributed by atoms with van der Waals surface area (Å²) in [4.78, 5) is 24.1. The number of anilines is 1. The first-order chi connectivity index (χ1) is 12.8. The van der Waals surface area contributed by atoms with Gasteiger partial charge in [-0.3, -0.25) is 14.7 Å². The lowest BCUT2D eigenvalue weighted by atomic mass is 10.1. The maximum atomic E-state index is 12.2. The first kappa shape index (κ1) is 20.5. The molecule has 1 aromatic carbocycles. The van der Waals surface area contributed by atoms with Crippen molar-refractivity contribution >= 4 is 47.6 Å². The van der Waals surface area contributed by atoms with Gasteiger partial charge < -0.3 is 21.4 Å². The molecule has 10 heteroatoms. The molecule has 0 unspecified atom stereocenters. The number of halogens is 1. The van der Waals surface area contributed by atoms with Gasteiger partial charge in [-0.05, 0) is 12.1 Å². The summed E-state index contributed by atoms with van der Waals surface area (Å²) in [5, 5.41) is 23.5. The van der Waals surface area contributed by atoms with Crippen molar-refractivity contribution in [3.63, 3.8) is 0 Å². The largest absolute Gasteiger partial charge is 0.382 e. The third kappa shape index (κ3) is 5.35. The van der Waals surface area contributed by atoms with E-state index in [0.717, 1.165) is 5.56 Å². The van der Waals surface area contributed by atoms with Gasteiger partial charge in [-0.2, -0.15) is 5.10 Å². The summed E-state index contributed by atoms with van der Waals surface area (Å²) in [5.41, 5.74) is 1.31. The first-order valence-corrected chi connectivity index (χ1v) is 8.70. The van der Waals surface area contributed by atoms with Crippen LogP contribution in [0.15, 0.2) is 40.9 Å². The van der Waals surface area contributed by atoms with E-state index in [2.05, 4.69) is 38.8 Å². The number of rotatable bonds is 7. The van der Waals surface area contributed by atoms with Crippen LogP contribution >= 0.6 is 24.2 Å². The molecule has 0 aliphatic rings. The highest BCUT2D eigenvalue weighted by molar-refractivity contribution is 7.84. The number of nitrogens with zero attached hydrogens (tertiary/aromatic N) is 1. The van der Waals surface area contributed by atoms with Crippen LogP contribution in [0, 0.1) is 5.41 Å². The monoisotopic (exact) mass is 406 g/mol. The fourth-order valence-corrected chi connectivity index (χ4v) is 2.60. The summed E-state index contributed by atoms with van der Waals surface area (Å²) in [6, 6.07) is 8.78. The minimum absolute atomic E-state index is 0.00458. The summed E-state index contributed by atoms with van der Waals surface area (Å²) >= 11 is 10.0. The lowest BCUT2D eigenvalue weighted by molar-refractivity contribution is -0.116. The van der Waals surface area contributed by atoms with Gasteiger partial charge in [0.1, 0.15) is 5.82 Å². The van der Waals surface area contributed by atoms with Gasteiger partial charge in [0.25, 0.3) is 5.91 Å². The van der Waals surface area contributed by atoms with Gasteiger partial charge in [-0.1, -0.05) is 23.7 Å². The highest BCUT2D eigenvalue weighted by Gasteiger charge is 2.20. The van der Waals surface area contributed by atoms with Gasteiger partial charge in [0.2, 0.25) is 5.91 Å². The summed E-state index contributed by atoms with van der Waals surface area (Å²) in [7, 11) is 3.01. The van der Waals surface area contributed by atoms with Crippen LogP contribution in [0.1, 0.15) is 6.42 Å². The molecule has 1 aromatic heterocycles. The maximum Gasteiger partial charge on any atom is 0.255 e. The second-order valence-electron chi connectivity index (χ2n) is 5.43. The second kappa shape index (κ2) is 9.24. The van der Waals surface area contributed by atoms with Crippen LogP contribution in [0.25, 0.3) is 11.3 Å². The molecule has 142 valence electrons. The highest BCUT2D eigenvalue weighted by atomic mass is 35.5. The Labute approximate surface area is 166 Å². The second-order valence-corrected chi connectivity index (χ2v) is 6.31. The van der Waals surface area contributed by atoms with Gasteiger partial charge in [0.15, 0.2) is 0 Å². The number of carbonyl (C=O) groups is 2. The number of benzene rings is 1. The Morgan fingerprint density at radius 3 is 2.48 bits per heavy atom. The molecule has 0 fully saturated rings. The van der Waals surface area contributed by atoms with E-state index in [1.165, 1.54) is 7.05 Å². The van der Waals surface area contributed by atoms with Crippen LogP contribution < -0.4 is 16.0 Å². The molecular weight excluding hydrogens is 388 g/mol. The molecule has 2 aromatic rings. The van der Waals surface area contributed by atoms with Crippen molar-refractivity contribution in [3.8, 4) is 11.3 Å². The Balaban J connectivity index is 2.06. The van der Waals surface area contributed by atoms with E-state index in [9.17, 15) is 9.59 Å². The third-order valence-electron chi connectivity index (χ3n) is 3.56. The van der Waals surface area contributed by atoms with E-state index in [0.29, 0.717) is 16.5 Å². The first-order valence-electron chi connectivity index (χ1n) is 7.87. The van der Waals surface area contributed by atoms with Gasteiger partial charge in [0.05, 0.1) is 28.4 Å². The molecular formula is C17H19ClN6O2S. The van der Waals surface area contributed by atoms with Crippen LogP contribution in [0.2, 0.25) is 5.02 Å². The molecule has 8 nitrogen and oxygen atoms in total. The SMILES string of the molecule is CNC(=O)/C(C(=N)CC(=O)Nc1cc(-c2ccc(Cl)cc2)n[nH]1)=C(/S)NC. The van der Waals surface area contributed by atoms with Gasteiger partial charge in [-0.25, -0.2) is 0 Å². The standard InChI is InChI=1S/C17H19ClN6O2S/c1-20-16(26)15(17(27)21-2)11(19)7-14(25)22-13-8-12(23-24-13)9-3-5-10(18)6-4-9/h3-6,8,19,21,27H,7H2,1-2H3,(H,20,26)(H2,22,23,24,25)/b17-15+,19-11?. The van der Waals surface area contributed by atoms with E-state index in [-0.39, 0.29) is 22.7 Å². The number of carbonyl (C=O) groups excluding carboxylic acids is 2. The van der Waals surface area contributed by atoms with Crippen molar-refractivity contribution in [2.45, 2.75) is 6.42 Å². The maximum absolute atomic E-state index is 12.2. The molecule has 0 atom stereocenters. The molecule has 0 saturated heterocycles. The molecule has 0 bridgehead atoms. The van der Waals surface area contributed by atoms with Crippen molar-refractivity contribution in [1.29, 1.82) is 5.41 Å². The molecule has 2 amide bonds. The third-order valence-corrected chi connectivity index (χ3v) is 4.26. The van der Waals surface area contributed by atoms with E-state index in [1.807, 2.05) is 12.1 Å². The minimum Gasteiger partial charge on any atom is -0.382 e. The van der Waals surface area contributed by atoms with Crippen LogP contribution in [0.3, 0.4) is 0 Å². The van der Waals surface area contributed by atoms with Crippen LogP contribution in [0.4, 0.5) is 5.82 Å². The zero-order chi connectivity index (χ0) is 20.0. The zero-order valence-corrected chi connectivity index (χ0v) is 16.3. The lowest BCUT2D eigenvalue weighted by Gasteiger charge is -2.11. The molecule has 0 radical (unpaired) electrons. The Kier molecular flexibility index (Phi) is 7.03. The van der Waals surface area contributed by atoms with E-state index < -0.39 is 11.8 Å². The van der Waals surface area contributed by atoms with E-state index in [1.54, 1.807) is 25.2 Å². The molecule has 1 heterocycles. The van der Waals surface area contributed by atoms with E-state index >= 15 is 0 Å². The van der Waals surface area contributed by atoms with Gasteiger partial charge in [0, 0.05) is 30.7 Å². The van der Waals surface area contributed by atoms with Crippen molar-refractivity contribution in [1.82, 2.24) is 20.8 Å². The fraction of sp³-hybridized carbons (Fsp3) is 0.176. The number of hydrogen-bond acceptors (Lipinski definition) is 6. The van der Waals surface area contributed by atoms with Crippen LogP contribution in [0.5, 0.6) is 0 Å². The van der Waals surface area contributed by atoms with Crippen LogP contribution in [-0.4, -0.2) is 41.8 Å². The predicted molar refractivity (Wildman–Crippen MR) is 109 cm³/mol. The Bertz CT molecular complexity index is 891. The lowest BCUT2D eigenvalue weighted by Crippen LogP contribution is -2.29. The summed E-state index contributed by atoms with van der Waals surface area (Å²) in [6.07, 6.45) is -0.302. The summed E-state index contributed by atoms with van der Waals surface area (Å²) in [5.74, 6) is -0.591. The number of nitrogens with one attached hydrogen (secondary N) is 5. The molecule has 2 rings (SSSR count). The number of thiol groups is 1. The highest BCUT2D eigenvalue weighted by Crippen LogP contribution is 2.22. The van der Waals surface area contributed by atoms with Gasteiger partial charge in [-0.15, -0.1) is 12.6 Å². The van der Waals surface area contributed by atoms with Crippen molar-refractivity contribution in [3.05, 3.63) is 46.0 Å².